The molecule has 114 valence electrons. The van der Waals surface area contributed by atoms with Crippen molar-refractivity contribution >= 4 is 5.95 Å². The summed E-state index contributed by atoms with van der Waals surface area (Å²) in [6, 6.07) is 0.486. The monoisotopic (exact) mass is 284 g/mol. The predicted molar refractivity (Wildman–Crippen MR) is 76.4 cm³/mol. The highest BCUT2D eigenvalue weighted by atomic mass is 16.5. The third-order valence-corrected chi connectivity index (χ3v) is 2.26. The van der Waals surface area contributed by atoms with Crippen molar-refractivity contribution in [3.05, 3.63) is 0 Å². The van der Waals surface area contributed by atoms with Crippen LogP contribution in [0.1, 0.15) is 33.6 Å². The summed E-state index contributed by atoms with van der Waals surface area (Å²) in [5, 5.41) is 2.85. The minimum absolute atomic E-state index is 0.00710. The van der Waals surface area contributed by atoms with Gasteiger partial charge >= 0.3 is 12.0 Å². The molecule has 0 aliphatic carbocycles. The van der Waals surface area contributed by atoms with Gasteiger partial charge in [-0.3, -0.25) is 0 Å². The topological polar surface area (TPSA) is 78.4 Å². The molecular formula is C13H24N4O3. The van der Waals surface area contributed by atoms with Gasteiger partial charge in [0.1, 0.15) is 6.61 Å². The van der Waals surface area contributed by atoms with Crippen molar-refractivity contribution in [3.8, 4) is 12.0 Å². The molecule has 0 saturated heterocycles. The molecule has 0 atom stereocenters. The van der Waals surface area contributed by atoms with Crippen LogP contribution in [0.15, 0.2) is 0 Å². The van der Waals surface area contributed by atoms with Crippen molar-refractivity contribution in [1.29, 1.82) is 0 Å². The third-order valence-electron chi connectivity index (χ3n) is 2.26. The molecule has 1 N–H and O–H groups in total. The van der Waals surface area contributed by atoms with E-state index in [0.29, 0.717) is 19.2 Å². The molecule has 0 radical (unpaired) electrons. The number of hydrogen-bond donors (Lipinski definition) is 1. The van der Waals surface area contributed by atoms with Gasteiger partial charge in [0.25, 0.3) is 0 Å². The standard InChI is InChI=1S/C13H24N4O3/c1-5-6-7-18-8-9-19-12-15-11(14-4)16-13(17-12)20-10(2)3/h10H,5-9H2,1-4H3,(H,14,15,16,17). The Balaban J connectivity index is 2.47. The Bertz CT molecular complexity index is 388. The molecule has 1 aromatic rings. The van der Waals surface area contributed by atoms with Crippen LogP contribution in [0.4, 0.5) is 5.95 Å². The van der Waals surface area contributed by atoms with Gasteiger partial charge in [0.2, 0.25) is 5.95 Å². The Kier molecular flexibility index (Phi) is 7.64. The van der Waals surface area contributed by atoms with Crippen LogP contribution < -0.4 is 14.8 Å². The Morgan fingerprint density at radius 1 is 1.05 bits per heavy atom. The number of anilines is 1. The largest absolute Gasteiger partial charge is 0.461 e. The van der Waals surface area contributed by atoms with Crippen molar-refractivity contribution < 1.29 is 14.2 Å². The van der Waals surface area contributed by atoms with Crippen LogP contribution in [-0.2, 0) is 4.74 Å². The summed E-state index contributed by atoms with van der Waals surface area (Å²) in [5.74, 6) is 0.414. The smallest absolute Gasteiger partial charge is 0.324 e. The fourth-order valence-electron chi connectivity index (χ4n) is 1.32. The zero-order chi connectivity index (χ0) is 14.8. The quantitative estimate of drug-likeness (QED) is 0.657. The molecular weight excluding hydrogens is 260 g/mol. The lowest BCUT2D eigenvalue weighted by Crippen LogP contribution is -2.13. The molecule has 20 heavy (non-hydrogen) atoms. The van der Waals surface area contributed by atoms with E-state index in [4.69, 9.17) is 14.2 Å². The SMILES string of the molecule is CCCCOCCOc1nc(NC)nc(OC(C)C)n1. The number of aromatic nitrogens is 3. The Morgan fingerprint density at radius 2 is 1.80 bits per heavy atom. The van der Waals surface area contributed by atoms with Crippen LogP contribution in [0.2, 0.25) is 0 Å². The van der Waals surface area contributed by atoms with Crippen LogP contribution >= 0.6 is 0 Å². The van der Waals surface area contributed by atoms with E-state index in [1.54, 1.807) is 7.05 Å². The normalized spacial score (nSPS) is 10.7. The number of nitrogens with zero attached hydrogens (tertiary/aromatic N) is 3. The molecule has 1 aromatic heterocycles. The van der Waals surface area contributed by atoms with Crippen LogP contribution in [0, 0.1) is 0 Å². The first kappa shape index (κ1) is 16.4. The molecule has 7 heteroatoms. The van der Waals surface area contributed by atoms with E-state index >= 15 is 0 Å². The van der Waals surface area contributed by atoms with Gasteiger partial charge in [0.15, 0.2) is 0 Å². The summed E-state index contributed by atoms with van der Waals surface area (Å²) in [4.78, 5) is 12.3. The lowest BCUT2D eigenvalue weighted by molar-refractivity contribution is 0.0940. The second kappa shape index (κ2) is 9.30. The molecule has 0 aliphatic rings. The van der Waals surface area contributed by atoms with Gasteiger partial charge in [-0.1, -0.05) is 13.3 Å². The van der Waals surface area contributed by atoms with Crippen molar-refractivity contribution in [2.75, 3.05) is 32.2 Å². The second-order valence-corrected chi connectivity index (χ2v) is 4.46. The van der Waals surface area contributed by atoms with Gasteiger partial charge < -0.3 is 19.5 Å². The minimum Gasteiger partial charge on any atom is -0.461 e. The van der Waals surface area contributed by atoms with Gasteiger partial charge in [0, 0.05) is 13.7 Å². The summed E-state index contributed by atoms with van der Waals surface area (Å²) in [6.07, 6.45) is 2.17. The predicted octanol–water partition coefficient (Wildman–Crippen LogP) is 1.90. The van der Waals surface area contributed by atoms with E-state index in [1.807, 2.05) is 13.8 Å². The molecule has 0 spiro atoms. The Morgan fingerprint density at radius 3 is 2.45 bits per heavy atom. The van der Waals surface area contributed by atoms with E-state index < -0.39 is 0 Å². The highest BCUT2D eigenvalue weighted by Gasteiger charge is 2.09. The fourth-order valence-corrected chi connectivity index (χ4v) is 1.32. The van der Waals surface area contributed by atoms with E-state index in [1.165, 1.54) is 0 Å². The summed E-state index contributed by atoms with van der Waals surface area (Å²) in [7, 11) is 1.73. The van der Waals surface area contributed by atoms with Crippen LogP contribution in [-0.4, -0.2) is 47.9 Å². The average molecular weight is 284 g/mol. The minimum atomic E-state index is -0.00710. The van der Waals surface area contributed by atoms with Crippen LogP contribution in [0.25, 0.3) is 0 Å². The lowest BCUT2D eigenvalue weighted by Gasteiger charge is -2.10. The zero-order valence-electron chi connectivity index (χ0n) is 12.7. The van der Waals surface area contributed by atoms with Gasteiger partial charge in [0.05, 0.1) is 12.7 Å². The van der Waals surface area contributed by atoms with Crippen LogP contribution in [0.5, 0.6) is 12.0 Å². The molecule has 0 saturated carbocycles. The number of rotatable bonds is 10. The van der Waals surface area contributed by atoms with Crippen molar-refractivity contribution in [2.45, 2.75) is 39.7 Å². The maximum Gasteiger partial charge on any atom is 0.324 e. The third kappa shape index (κ3) is 6.51. The van der Waals surface area contributed by atoms with E-state index in [9.17, 15) is 0 Å². The lowest BCUT2D eigenvalue weighted by atomic mass is 10.4. The van der Waals surface area contributed by atoms with E-state index in [-0.39, 0.29) is 18.1 Å². The summed E-state index contributed by atoms with van der Waals surface area (Å²) < 4.78 is 16.3. The molecule has 0 bridgehead atoms. The number of ether oxygens (including phenoxy) is 3. The molecule has 0 aliphatic heterocycles. The Labute approximate surface area is 120 Å². The molecule has 0 aromatic carbocycles. The first-order valence-corrected chi connectivity index (χ1v) is 6.96. The van der Waals surface area contributed by atoms with Crippen molar-refractivity contribution in [3.63, 3.8) is 0 Å². The molecule has 0 amide bonds. The van der Waals surface area contributed by atoms with Gasteiger partial charge in [-0.15, -0.1) is 4.98 Å². The first-order chi connectivity index (χ1) is 9.65. The maximum atomic E-state index is 5.44. The maximum absolute atomic E-state index is 5.44. The number of unbranched alkanes of at least 4 members (excludes halogenated alkanes) is 1. The zero-order valence-corrected chi connectivity index (χ0v) is 12.7. The first-order valence-electron chi connectivity index (χ1n) is 6.96. The number of hydrogen-bond acceptors (Lipinski definition) is 7. The molecule has 0 fully saturated rings. The summed E-state index contributed by atoms with van der Waals surface area (Å²) >= 11 is 0. The van der Waals surface area contributed by atoms with Gasteiger partial charge in [-0.2, -0.15) is 9.97 Å². The van der Waals surface area contributed by atoms with Gasteiger partial charge in [-0.05, 0) is 20.3 Å². The van der Waals surface area contributed by atoms with E-state index in [0.717, 1.165) is 19.4 Å². The summed E-state index contributed by atoms with van der Waals surface area (Å²) in [6.45, 7) is 7.61. The molecule has 1 heterocycles. The fraction of sp³-hybridized carbons (Fsp3) is 0.769. The molecule has 1 rings (SSSR count). The molecule has 7 nitrogen and oxygen atoms in total. The van der Waals surface area contributed by atoms with Crippen molar-refractivity contribution in [1.82, 2.24) is 15.0 Å². The Hall–Kier alpha value is -1.63. The van der Waals surface area contributed by atoms with Gasteiger partial charge in [-0.25, -0.2) is 0 Å². The van der Waals surface area contributed by atoms with Crippen LogP contribution in [0.3, 0.4) is 0 Å². The number of nitrogens with one attached hydrogen (secondary N) is 1. The van der Waals surface area contributed by atoms with Crippen molar-refractivity contribution in [2.24, 2.45) is 0 Å². The molecule has 0 unspecified atom stereocenters. The highest BCUT2D eigenvalue weighted by Crippen LogP contribution is 2.13. The average Bonchev–Trinajstić information content (AvgIpc) is 2.41. The highest BCUT2D eigenvalue weighted by molar-refractivity contribution is 5.26. The van der Waals surface area contributed by atoms with E-state index in [2.05, 4.69) is 27.2 Å². The summed E-state index contributed by atoms with van der Waals surface area (Å²) in [5.41, 5.74) is 0. The second-order valence-electron chi connectivity index (χ2n) is 4.46.